The number of imide groups is 1. The zero-order chi connectivity index (χ0) is 17.1. The summed E-state index contributed by atoms with van der Waals surface area (Å²) < 4.78 is 13.0. The van der Waals surface area contributed by atoms with Crippen LogP contribution in [-0.2, 0) is 9.59 Å². The van der Waals surface area contributed by atoms with Gasteiger partial charge in [-0.15, -0.1) is 0 Å². The molecule has 2 rings (SSSR count). The van der Waals surface area contributed by atoms with E-state index in [-0.39, 0.29) is 12.5 Å². The fraction of sp³-hybridized carbons (Fsp3) is 0.438. The average Bonchev–Trinajstić information content (AvgIpc) is 2.73. The molecule has 0 spiro atoms. The Morgan fingerprint density at radius 2 is 1.74 bits per heavy atom. The van der Waals surface area contributed by atoms with E-state index >= 15 is 0 Å². The molecule has 7 heteroatoms. The number of hydrogen-bond acceptors (Lipinski definition) is 3. The SMILES string of the molecule is CCN(CC)C(=O)CN1C(=O)[C@@H](C)N(c2ccc(F)cc2)C1=O. The zero-order valence-corrected chi connectivity index (χ0v) is 13.5. The van der Waals surface area contributed by atoms with Crippen molar-refractivity contribution >= 4 is 23.5 Å². The van der Waals surface area contributed by atoms with E-state index in [1.807, 2.05) is 13.8 Å². The summed E-state index contributed by atoms with van der Waals surface area (Å²) >= 11 is 0. The Hall–Kier alpha value is -2.44. The van der Waals surface area contributed by atoms with Crippen LogP contribution in [0.1, 0.15) is 20.8 Å². The van der Waals surface area contributed by atoms with Crippen LogP contribution in [0.5, 0.6) is 0 Å². The maximum atomic E-state index is 13.0. The molecule has 0 aromatic heterocycles. The molecule has 124 valence electrons. The number of nitrogens with zero attached hydrogens (tertiary/aromatic N) is 3. The monoisotopic (exact) mass is 321 g/mol. The molecular formula is C16H20FN3O3. The largest absolute Gasteiger partial charge is 0.342 e. The topological polar surface area (TPSA) is 60.9 Å². The summed E-state index contributed by atoms with van der Waals surface area (Å²) in [4.78, 5) is 40.8. The fourth-order valence-electron chi connectivity index (χ4n) is 2.62. The molecule has 0 radical (unpaired) electrons. The molecule has 1 aromatic carbocycles. The van der Waals surface area contributed by atoms with Gasteiger partial charge in [0.05, 0.1) is 0 Å². The molecule has 1 saturated heterocycles. The van der Waals surface area contributed by atoms with Gasteiger partial charge >= 0.3 is 6.03 Å². The Balaban J connectivity index is 2.21. The Morgan fingerprint density at radius 1 is 1.17 bits per heavy atom. The van der Waals surface area contributed by atoms with Crippen molar-refractivity contribution in [3.05, 3.63) is 30.1 Å². The quantitative estimate of drug-likeness (QED) is 0.778. The summed E-state index contributed by atoms with van der Waals surface area (Å²) in [6.07, 6.45) is 0. The standard InChI is InChI=1S/C16H20FN3O3/c1-4-18(5-2)14(21)10-19-15(22)11(3)20(16(19)23)13-8-6-12(17)7-9-13/h6-9,11H,4-5,10H2,1-3H3/t11-/m1/s1. The van der Waals surface area contributed by atoms with Crippen molar-refractivity contribution in [2.75, 3.05) is 24.5 Å². The maximum Gasteiger partial charge on any atom is 0.332 e. The predicted octanol–water partition coefficient (Wildman–Crippen LogP) is 1.85. The lowest BCUT2D eigenvalue weighted by molar-refractivity contribution is -0.136. The molecule has 23 heavy (non-hydrogen) atoms. The third-order valence-electron chi connectivity index (χ3n) is 3.96. The van der Waals surface area contributed by atoms with E-state index in [1.54, 1.807) is 11.8 Å². The van der Waals surface area contributed by atoms with Crippen LogP contribution in [0, 0.1) is 5.82 Å². The second kappa shape index (κ2) is 6.76. The summed E-state index contributed by atoms with van der Waals surface area (Å²) in [5.74, 6) is -1.13. The lowest BCUT2D eigenvalue weighted by atomic mass is 10.2. The minimum atomic E-state index is -0.725. The minimum Gasteiger partial charge on any atom is -0.342 e. The Morgan fingerprint density at radius 3 is 2.26 bits per heavy atom. The van der Waals surface area contributed by atoms with Gasteiger partial charge in [-0.2, -0.15) is 0 Å². The number of rotatable bonds is 5. The lowest BCUT2D eigenvalue weighted by Crippen LogP contribution is -2.43. The molecule has 1 aliphatic heterocycles. The predicted molar refractivity (Wildman–Crippen MR) is 83.4 cm³/mol. The smallest absolute Gasteiger partial charge is 0.332 e. The molecule has 1 heterocycles. The Kier molecular flexibility index (Phi) is 4.98. The van der Waals surface area contributed by atoms with Crippen molar-refractivity contribution in [2.24, 2.45) is 0 Å². The van der Waals surface area contributed by atoms with Crippen molar-refractivity contribution < 1.29 is 18.8 Å². The van der Waals surface area contributed by atoms with Gasteiger partial charge in [0.15, 0.2) is 0 Å². The van der Waals surface area contributed by atoms with Gasteiger partial charge in [-0.3, -0.25) is 19.4 Å². The molecule has 6 nitrogen and oxygen atoms in total. The van der Waals surface area contributed by atoms with E-state index in [0.29, 0.717) is 18.8 Å². The molecule has 1 aliphatic rings. The summed E-state index contributed by atoms with van der Waals surface area (Å²) in [7, 11) is 0. The molecule has 4 amide bonds. The third kappa shape index (κ3) is 3.18. The van der Waals surface area contributed by atoms with Crippen LogP contribution in [0.3, 0.4) is 0 Å². The van der Waals surface area contributed by atoms with E-state index in [2.05, 4.69) is 0 Å². The minimum absolute atomic E-state index is 0.273. The highest BCUT2D eigenvalue weighted by molar-refractivity contribution is 6.15. The highest BCUT2D eigenvalue weighted by atomic mass is 19.1. The number of urea groups is 1. The van der Waals surface area contributed by atoms with Crippen molar-refractivity contribution in [1.82, 2.24) is 9.80 Å². The highest BCUT2D eigenvalue weighted by Gasteiger charge is 2.44. The van der Waals surface area contributed by atoms with E-state index in [9.17, 15) is 18.8 Å². The van der Waals surface area contributed by atoms with Crippen molar-refractivity contribution in [1.29, 1.82) is 0 Å². The van der Waals surface area contributed by atoms with Gasteiger partial charge in [0.25, 0.3) is 5.91 Å². The molecule has 0 N–H and O–H groups in total. The molecule has 1 aromatic rings. The summed E-state index contributed by atoms with van der Waals surface area (Å²) in [5.41, 5.74) is 0.426. The van der Waals surface area contributed by atoms with E-state index < -0.39 is 23.8 Å². The number of carbonyl (C=O) groups excluding carboxylic acids is 3. The number of hydrogen-bond donors (Lipinski definition) is 0. The zero-order valence-electron chi connectivity index (χ0n) is 13.5. The lowest BCUT2D eigenvalue weighted by Gasteiger charge is -2.22. The first-order valence-corrected chi connectivity index (χ1v) is 7.58. The van der Waals surface area contributed by atoms with Gasteiger partial charge < -0.3 is 4.90 Å². The van der Waals surface area contributed by atoms with Gasteiger partial charge in [-0.1, -0.05) is 0 Å². The molecule has 0 unspecified atom stereocenters. The van der Waals surface area contributed by atoms with E-state index in [4.69, 9.17) is 0 Å². The van der Waals surface area contributed by atoms with Crippen LogP contribution >= 0.6 is 0 Å². The normalized spacial score (nSPS) is 17.8. The molecule has 0 saturated carbocycles. The van der Waals surface area contributed by atoms with E-state index in [0.717, 1.165) is 4.90 Å². The number of amides is 4. The van der Waals surface area contributed by atoms with Gasteiger partial charge in [-0.05, 0) is 45.0 Å². The first kappa shape index (κ1) is 16.9. The second-order valence-corrected chi connectivity index (χ2v) is 5.30. The van der Waals surface area contributed by atoms with Crippen LogP contribution in [0.4, 0.5) is 14.9 Å². The second-order valence-electron chi connectivity index (χ2n) is 5.30. The number of halogens is 1. The Labute approximate surface area is 134 Å². The number of benzene rings is 1. The van der Waals surface area contributed by atoms with Crippen LogP contribution < -0.4 is 4.90 Å². The van der Waals surface area contributed by atoms with Gasteiger partial charge in [0.1, 0.15) is 18.4 Å². The van der Waals surface area contributed by atoms with Crippen LogP contribution in [0.2, 0.25) is 0 Å². The van der Waals surface area contributed by atoms with Crippen LogP contribution in [0.15, 0.2) is 24.3 Å². The molecule has 0 bridgehead atoms. The summed E-state index contributed by atoms with van der Waals surface area (Å²) in [6.45, 7) is 6.02. The molecule has 1 atom stereocenters. The maximum absolute atomic E-state index is 13.0. The first-order valence-electron chi connectivity index (χ1n) is 7.58. The third-order valence-corrected chi connectivity index (χ3v) is 3.96. The molecule has 1 fully saturated rings. The molecular weight excluding hydrogens is 301 g/mol. The van der Waals surface area contributed by atoms with Crippen molar-refractivity contribution in [3.63, 3.8) is 0 Å². The fourth-order valence-corrected chi connectivity index (χ4v) is 2.62. The number of carbonyl (C=O) groups is 3. The van der Waals surface area contributed by atoms with Crippen molar-refractivity contribution in [2.45, 2.75) is 26.8 Å². The summed E-state index contributed by atoms with van der Waals surface area (Å²) in [6, 6.07) is 4.04. The molecule has 0 aliphatic carbocycles. The van der Waals surface area contributed by atoms with Gasteiger partial charge in [0.2, 0.25) is 5.91 Å². The highest BCUT2D eigenvalue weighted by Crippen LogP contribution is 2.25. The number of likely N-dealkylation sites (N-methyl/N-ethyl adjacent to an activating group) is 1. The van der Waals surface area contributed by atoms with Crippen molar-refractivity contribution in [3.8, 4) is 0 Å². The van der Waals surface area contributed by atoms with E-state index in [1.165, 1.54) is 29.2 Å². The number of anilines is 1. The van der Waals surface area contributed by atoms with Crippen LogP contribution in [0.25, 0.3) is 0 Å². The first-order chi connectivity index (χ1) is 10.9. The average molecular weight is 321 g/mol. The summed E-state index contributed by atoms with van der Waals surface area (Å²) in [5, 5.41) is 0. The van der Waals surface area contributed by atoms with Crippen LogP contribution in [-0.4, -0.2) is 53.3 Å². The Bertz CT molecular complexity index is 614. The van der Waals surface area contributed by atoms with Gasteiger partial charge in [-0.25, -0.2) is 9.18 Å². The van der Waals surface area contributed by atoms with Gasteiger partial charge in [0, 0.05) is 18.8 Å².